The van der Waals surface area contributed by atoms with Crippen LogP contribution >= 0.6 is 11.6 Å². The fourth-order valence-electron chi connectivity index (χ4n) is 0.709. The Bertz CT molecular complexity index is 276. The fraction of sp³-hybridized carbons (Fsp3) is 0.222. The van der Waals surface area contributed by atoms with Gasteiger partial charge in [-0.1, -0.05) is 29.8 Å². The van der Waals surface area contributed by atoms with Crippen molar-refractivity contribution in [2.75, 3.05) is 5.48 Å². The molecule has 1 atom stereocenters. The maximum absolute atomic E-state index is 10.7. The van der Waals surface area contributed by atoms with Crippen LogP contribution in [0.4, 0.5) is 5.69 Å². The maximum Gasteiger partial charge on any atom is 0.216 e. The minimum Gasteiger partial charge on any atom is -0.296 e. The summed E-state index contributed by atoms with van der Waals surface area (Å²) < 4.78 is 0. The van der Waals surface area contributed by atoms with Gasteiger partial charge >= 0.3 is 0 Å². The smallest absolute Gasteiger partial charge is 0.216 e. The number of hydrogen-bond acceptors (Lipinski definition) is 3. The van der Waals surface area contributed by atoms with Gasteiger partial charge in [0.25, 0.3) is 0 Å². The van der Waals surface area contributed by atoms with Crippen LogP contribution in [0.3, 0.4) is 0 Å². The number of halogens is 1. The van der Waals surface area contributed by atoms with E-state index < -0.39 is 5.56 Å². The lowest BCUT2D eigenvalue weighted by Gasteiger charge is -2.08. The molecule has 0 spiro atoms. The van der Waals surface area contributed by atoms with Crippen molar-refractivity contribution in [3.05, 3.63) is 30.3 Å². The lowest BCUT2D eigenvalue weighted by molar-refractivity contribution is -0.122. The number of para-hydroxylation sites is 1. The van der Waals surface area contributed by atoms with Gasteiger partial charge in [0.05, 0.1) is 5.69 Å². The highest BCUT2D eigenvalue weighted by atomic mass is 35.5. The SMILES string of the molecule is CC(=O)C(Cl)ONc1ccccc1. The molecule has 0 radical (unpaired) electrons. The zero-order valence-corrected chi connectivity index (χ0v) is 7.91. The molecule has 70 valence electrons. The average molecular weight is 200 g/mol. The number of Topliss-reactive ketones (excluding diaryl/α,β-unsaturated/α-hetero) is 1. The van der Waals surface area contributed by atoms with Crippen LogP contribution in [0, 0.1) is 0 Å². The van der Waals surface area contributed by atoms with Gasteiger partial charge in [-0.15, -0.1) is 0 Å². The molecular formula is C9H10ClNO2. The van der Waals surface area contributed by atoms with Gasteiger partial charge in [0, 0.05) is 0 Å². The van der Waals surface area contributed by atoms with Crippen LogP contribution in [-0.2, 0) is 9.63 Å². The van der Waals surface area contributed by atoms with Crippen LogP contribution in [0.5, 0.6) is 0 Å². The third kappa shape index (κ3) is 3.44. The predicted octanol–water partition coefficient (Wildman–Crippen LogP) is 2.18. The fourth-order valence-corrected chi connectivity index (χ4v) is 0.753. The molecule has 0 amide bonds. The number of anilines is 1. The second-order valence-corrected chi connectivity index (χ2v) is 2.91. The summed E-state index contributed by atoms with van der Waals surface area (Å²) in [6.07, 6.45) is 0. The Hall–Kier alpha value is -1.06. The van der Waals surface area contributed by atoms with Gasteiger partial charge in [-0.2, -0.15) is 0 Å². The van der Waals surface area contributed by atoms with E-state index in [0.717, 1.165) is 5.69 Å². The molecule has 0 aliphatic heterocycles. The van der Waals surface area contributed by atoms with Crippen molar-refractivity contribution in [2.45, 2.75) is 12.5 Å². The predicted molar refractivity (Wildman–Crippen MR) is 51.5 cm³/mol. The molecular weight excluding hydrogens is 190 g/mol. The Labute approximate surface area is 81.6 Å². The van der Waals surface area contributed by atoms with Crippen LogP contribution < -0.4 is 5.48 Å². The highest BCUT2D eigenvalue weighted by molar-refractivity contribution is 6.29. The molecule has 13 heavy (non-hydrogen) atoms. The molecule has 0 fully saturated rings. The zero-order chi connectivity index (χ0) is 9.68. The number of ketones is 1. The van der Waals surface area contributed by atoms with E-state index in [0.29, 0.717) is 0 Å². The molecule has 1 rings (SSSR count). The number of nitrogens with one attached hydrogen (secondary N) is 1. The van der Waals surface area contributed by atoms with E-state index in [1.165, 1.54) is 6.92 Å². The van der Waals surface area contributed by atoms with Crippen LogP contribution in [0.1, 0.15) is 6.92 Å². The van der Waals surface area contributed by atoms with E-state index in [1.54, 1.807) is 0 Å². The number of carbonyl (C=O) groups excluding carboxylic acids is 1. The maximum atomic E-state index is 10.7. The molecule has 0 bridgehead atoms. The van der Waals surface area contributed by atoms with Crippen molar-refractivity contribution in [1.29, 1.82) is 0 Å². The number of alkyl halides is 1. The summed E-state index contributed by atoms with van der Waals surface area (Å²) in [5.74, 6) is -0.231. The van der Waals surface area contributed by atoms with E-state index >= 15 is 0 Å². The second kappa shape index (κ2) is 4.84. The molecule has 1 aromatic rings. The van der Waals surface area contributed by atoms with Crippen molar-refractivity contribution < 1.29 is 9.63 Å². The van der Waals surface area contributed by atoms with Gasteiger partial charge in [0.1, 0.15) is 0 Å². The number of benzene rings is 1. The topological polar surface area (TPSA) is 38.3 Å². The largest absolute Gasteiger partial charge is 0.296 e. The van der Waals surface area contributed by atoms with Crippen molar-refractivity contribution in [3.8, 4) is 0 Å². The van der Waals surface area contributed by atoms with Crippen molar-refractivity contribution in [1.82, 2.24) is 0 Å². The standard InChI is InChI=1S/C9H10ClNO2/c1-7(12)9(10)13-11-8-5-3-2-4-6-8/h2-6,9,11H,1H3. The van der Waals surface area contributed by atoms with E-state index in [2.05, 4.69) is 5.48 Å². The van der Waals surface area contributed by atoms with Crippen LogP contribution in [0.2, 0.25) is 0 Å². The summed E-state index contributed by atoms with van der Waals surface area (Å²) in [5, 5.41) is 0. The number of hydrogen-bond donors (Lipinski definition) is 1. The monoisotopic (exact) mass is 199 g/mol. The molecule has 0 aromatic heterocycles. The van der Waals surface area contributed by atoms with E-state index in [1.807, 2.05) is 30.3 Å². The van der Waals surface area contributed by atoms with Gasteiger partial charge in [0.15, 0.2) is 5.78 Å². The van der Waals surface area contributed by atoms with Crippen molar-refractivity contribution >= 4 is 23.1 Å². The first kappa shape index (κ1) is 10.0. The molecule has 4 heteroatoms. The Kier molecular flexibility index (Phi) is 3.73. The highest BCUT2D eigenvalue weighted by Gasteiger charge is 2.09. The van der Waals surface area contributed by atoms with Crippen molar-refractivity contribution in [2.24, 2.45) is 0 Å². The molecule has 0 heterocycles. The third-order valence-electron chi connectivity index (χ3n) is 1.37. The van der Waals surface area contributed by atoms with Crippen molar-refractivity contribution in [3.63, 3.8) is 0 Å². The minimum atomic E-state index is -0.944. The first-order valence-corrected chi connectivity index (χ1v) is 4.25. The summed E-state index contributed by atoms with van der Waals surface area (Å²) in [6.45, 7) is 1.37. The first-order chi connectivity index (χ1) is 6.20. The van der Waals surface area contributed by atoms with Gasteiger partial charge in [-0.05, 0) is 19.1 Å². The molecule has 0 saturated carbocycles. The summed E-state index contributed by atoms with van der Waals surface area (Å²) in [6, 6.07) is 9.20. The Morgan fingerprint density at radius 3 is 2.62 bits per heavy atom. The summed E-state index contributed by atoms with van der Waals surface area (Å²) >= 11 is 5.53. The van der Waals surface area contributed by atoms with Crippen LogP contribution in [-0.4, -0.2) is 11.3 Å². The molecule has 1 unspecified atom stereocenters. The van der Waals surface area contributed by atoms with Crippen LogP contribution in [0.25, 0.3) is 0 Å². The Balaban J connectivity index is 2.39. The lowest BCUT2D eigenvalue weighted by atomic mass is 10.3. The van der Waals surface area contributed by atoms with Gasteiger partial charge in [-0.3, -0.25) is 10.3 Å². The van der Waals surface area contributed by atoms with E-state index in [4.69, 9.17) is 16.4 Å². The summed E-state index contributed by atoms with van der Waals surface area (Å²) in [4.78, 5) is 15.5. The van der Waals surface area contributed by atoms with Crippen LogP contribution in [0.15, 0.2) is 30.3 Å². The number of carbonyl (C=O) groups is 1. The molecule has 3 nitrogen and oxygen atoms in total. The van der Waals surface area contributed by atoms with Gasteiger partial charge in [-0.25, -0.2) is 4.84 Å². The third-order valence-corrected chi connectivity index (χ3v) is 1.77. The quantitative estimate of drug-likeness (QED) is 0.597. The van der Waals surface area contributed by atoms with E-state index in [9.17, 15) is 4.79 Å². The van der Waals surface area contributed by atoms with Gasteiger partial charge in [0.2, 0.25) is 5.56 Å². The first-order valence-electron chi connectivity index (χ1n) is 3.81. The molecule has 0 saturated heterocycles. The average Bonchev–Trinajstić information content (AvgIpc) is 2.15. The summed E-state index contributed by atoms with van der Waals surface area (Å²) in [7, 11) is 0. The minimum absolute atomic E-state index is 0.231. The highest BCUT2D eigenvalue weighted by Crippen LogP contribution is 2.07. The van der Waals surface area contributed by atoms with Gasteiger partial charge < -0.3 is 0 Å². The zero-order valence-electron chi connectivity index (χ0n) is 7.16. The lowest BCUT2D eigenvalue weighted by Crippen LogP contribution is -2.18. The second-order valence-electron chi connectivity index (χ2n) is 2.51. The number of rotatable bonds is 4. The Morgan fingerprint density at radius 1 is 1.46 bits per heavy atom. The molecule has 1 aromatic carbocycles. The summed E-state index contributed by atoms with van der Waals surface area (Å²) in [5.41, 5.74) is 2.39. The Morgan fingerprint density at radius 2 is 2.08 bits per heavy atom. The molecule has 0 aliphatic carbocycles. The normalized spacial score (nSPS) is 12.2. The molecule has 1 N–H and O–H groups in total. The molecule has 0 aliphatic rings. The van der Waals surface area contributed by atoms with E-state index in [-0.39, 0.29) is 5.78 Å².